The summed E-state index contributed by atoms with van der Waals surface area (Å²) in [6.07, 6.45) is 0.915. The van der Waals surface area contributed by atoms with Gasteiger partial charge in [-0.2, -0.15) is 17.4 Å². The summed E-state index contributed by atoms with van der Waals surface area (Å²) in [5.41, 5.74) is -0.906. The molecule has 1 heterocycles. The van der Waals surface area contributed by atoms with Gasteiger partial charge in [0, 0.05) is 13.1 Å². The van der Waals surface area contributed by atoms with Crippen LogP contribution in [0.4, 0.5) is 0 Å². The second kappa shape index (κ2) is 6.84. The maximum absolute atomic E-state index is 12.1. The van der Waals surface area contributed by atoms with E-state index in [-0.39, 0.29) is 31.6 Å². The third kappa shape index (κ3) is 4.69. The largest absolute Gasteiger partial charge is 0.466 e. The van der Waals surface area contributed by atoms with Crippen LogP contribution in [-0.4, -0.2) is 55.6 Å². The Morgan fingerprint density at radius 2 is 1.95 bits per heavy atom. The van der Waals surface area contributed by atoms with Crippen LogP contribution in [-0.2, 0) is 19.7 Å². The van der Waals surface area contributed by atoms with Crippen LogP contribution in [0.1, 0.15) is 33.6 Å². The number of nitrogens with one attached hydrogen (secondary N) is 1. The maximum Gasteiger partial charge on any atom is 0.309 e. The van der Waals surface area contributed by atoms with Crippen molar-refractivity contribution in [3.05, 3.63) is 0 Å². The highest BCUT2D eigenvalue weighted by Gasteiger charge is 2.34. The van der Waals surface area contributed by atoms with E-state index >= 15 is 0 Å². The summed E-state index contributed by atoms with van der Waals surface area (Å²) in [7, 11) is -3.64. The summed E-state index contributed by atoms with van der Waals surface area (Å²) in [4.78, 5) is 11.6. The average Bonchev–Trinajstić information content (AvgIpc) is 2.38. The minimum atomic E-state index is -3.64. The molecule has 0 aromatic rings. The van der Waals surface area contributed by atoms with Crippen molar-refractivity contribution in [3.63, 3.8) is 0 Å². The van der Waals surface area contributed by atoms with Gasteiger partial charge in [0.2, 0.25) is 0 Å². The second-order valence-electron chi connectivity index (χ2n) is 5.57. The molecule has 1 aliphatic heterocycles. The summed E-state index contributed by atoms with van der Waals surface area (Å²) in [5, 5.41) is 9.12. The number of piperidine rings is 1. The van der Waals surface area contributed by atoms with Crippen molar-refractivity contribution in [2.75, 3.05) is 26.3 Å². The smallest absolute Gasteiger partial charge is 0.309 e. The first-order valence-electron chi connectivity index (χ1n) is 6.78. The Bertz CT molecular complexity index is 427. The minimum Gasteiger partial charge on any atom is -0.466 e. The highest BCUT2D eigenvalue weighted by atomic mass is 32.2. The minimum absolute atomic E-state index is 0.229. The molecule has 1 fully saturated rings. The van der Waals surface area contributed by atoms with Crippen LogP contribution in [0.5, 0.6) is 0 Å². The zero-order valence-corrected chi connectivity index (χ0v) is 13.1. The molecule has 0 amide bonds. The van der Waals surface area contributed by atoms with Gasteiger partial charge >= 0.3 is 5.97 Å². The standard InChI is InChI=1S/C12H24N2O5S/c1-4-19-11(16)10-5-7-14(8-6-10)20(17,18)13-12(2,3)9-15/h10,13,15H,4-9H2,1-3H3. The summed E-state index contributed by atoms with van der Waals surface area (Å²) >= 11 is 0. The molecule has 8 heteroatoms. The summed E-state index contributed by atoms with van der Waals surface area (Å²) in [6.45, 7) is 5.57. The van der Waals surface area contributed by atoms with Gasteiger partial charge in [0.15, 0.2) is 0 Å². The number of aliphatic hydroxyl groups is 1. The van der Waals surface area contributed by atoms with Gasteiger partial charge in [0.05, 0.1) is 24.7 Å². The fourth-order valence-electron chi connectivity index (χ4n) is 2.04. The van der Waals surface area contributed by atoms with Gasteiger partial charge < -0.3 is 9.84 Å². The molecule has 0 aromatic heterocycles. The highest BCUT2D eigenvalue weighted by Crippen LogP contribution is 2.21. The molecule has 0 unspecified atom stereocenters. The molecule has 0 aromatic carbocycles. The molecule has 0 bridgehead atoms. The van der Waals surface area contributed by atoms with Crippen LogP contribution in [0.15, 0.2) is 0 Å². The second-order valence-corrected chi connectivity index (χ2v) is 7.25. The molecule has 0 atom stereocenters. The SMILES string of the molecule is CCOC(=O)C1CCN(S(=O)(=O)NC(C)(C)CO)CC1. The molecule has 0 radical (unpaired) electrons. The van der Waals surface area contributed by atoms with E-state index in [9.17, 15) is 13.2 Å². The van der Waals surface area contributed by atoms with E-state index in [1.165, 1.54) is 4.31 Å². The van der Waals surface area contributed by atoms with Crippen LogP contribution in [0.25, 0.3) is 0 Å². The van der Waals surface area contributed by atoms with Crippen LogP contribution in [0.2, 0.25) is 0 Å². The van der Waals surface area contributed by atoms with Crippen molar-refractivity contribution in [1.82, 2.24) is 9.03 Å². The molecule has 118 valence electrons. The summed E-state index contributed by atoms with van der Waals surface area (Å²) in [6, 6.07) is 0. The fourth-order valence-corrected chi connectivity index (χ4v) is 3.62. The number of nitrogens with zero attached hydrogens (tertiary/aromatic N) is 1. The molecule has 0 aliphatic carbocycles. The van der Waals surface area contributed by atoms with Crippen molar-refractivity contribution in [2.24, 2.45) is 5.92 Å². The molecule has 1 rings (SSSR count). The van der Waals surface area contributed by atoms with E-state index in [0.29, 0.717) is 19.4 Å². The quantitative estimate of drug-likeness (QED) is 0.666. The van der Waals surface area contributed by atoms with Crippen LogP contribution in [0.3, 0.4) is 0 Å². The first-order valence-corrected chi connectivity index (χ1v) is 8.22. The van der Waals surface area contributed by atoms with Crippen molar-refractivity contribution in [2.45, 2.75) is 39.2 Å². The summed E-state index contributed by atoms with van der Waals surface area (Å²) in [5.74, 6) is -0.486. The predicted octanol–water partition coefficient (Wildman–Crippen LogP) is -0.133. The van der Waals surface area contributed by atoms with E-state index in [4.69, 9.17) is 9.84 Å². The highest BCUT2D eigenvalue weighted by molar-refractivity contribution is 7.87. The molecule has 0 saturated carbocycles. The van der Waals surface area contributed by atoms with E-state index in [0.717, 1.165) is 0 Å². The first-order chi connectivity index (χ1) is 9.22. The number of aliphatic hydroxyl groups excluding tert-OH is 1. The number of hydrogen-bond donors (Lipinski definition) is 2. The lowest BCUT2D eigenvalue weighted by atomic mass is 9.98. The topological polar surface area (TPSA) is 95.9 Å². The normalized spacial score (nSPS) is 19.0. The van der Waals surface area contributed by atoms with Crippen molar-refractivity contribution >= 4 is 16.2 Å². The molecule has 2 N–H and O–H groups in total. The maximum atomic E-state index is 12.1. The van der Waals surface area contributed by atoms with Crippen molar-refractivity contribution in [1.29, 1.82) is 0 Å². The van der Waals surface area contributed by atoms with Gasteiger partial charge in [-0.15, -0.1) is 0 Å². The lowest BCUT2D eigenvalue weighted by molar-refractivity contribution is -0.149. The van der Waals surface area contributed by atoms with Gasteiger partial charge in [0.25, 0.3) is 10.2 Å². The number of ether oxygens (including phenoxy) is 1. The molecular weight excluding hydrogens is 284 g/mol. The lowest BCUT2D eigenvalue weighted by Crippen LogP contribution is -2.54. The first kappa shape index (κ1) is 17.4. The predicted molar refractivity (Wildman–Crippen MR) is 74.2 cm³/mol. The Balaban J connectivity index is 2.58. The number of hydrogen-bond acceptors (Lipinski definition) is 5. The van der Waals surface area contributed by atoms with E-state index < -0.39 is 15.7 Å². The Morgan fingerprint density at radius 3 is 2.40 bits per heavy atom. The molecule has 0 spiro atoms. The lowest BCUT2D eigenvalue weighted by Gasteiger charge is -2.33. The third-order valence-corrected chi connectivity index (χ3v) is 5.07. The molecule has 1 saturated heterocycles. The van der Waals surface area contributed by atoms with Gasteiger partial charge in [-0.3, -0.25) is 4.79 Å². The van der Waals surface area contributed by atoms with E-state index in [1.807, 2.05) is 0 Å². The van der Waals surface area contributed by atoms with Gasteiger partial charge in [-0.05, 0) is 33.6 Å². The van der Waals surface area contributed by atoms with E-state index in [2.05, 4.69) is 4.72 Å². The van der Waals surface area contributed by atoms with Crippen molar-refractivity contribution < 1.29 is 23.1 Å². The number of carbonyl (C=O) groups excluding carboxylic acids is 1. The number of rotatable bonds is 6. The molecule has 7 nitrogen and oxygen atoms in total. The van der Waals surface area contributed by atoms with E-state index in [1.54, 1.807) is 20.8 Å². The number of esters is 1. The monoisotopic (exact) mass is 308 g/mol. The zero-order valence-electron chi connectivity index (χ0n) is 12.3. The third-order valence-electron chi connectivity index (χ3n) is 3.21. The van der Waals surface area contributed by atoms with Crippen molar-refractivity contribution in [3.8, 4) is 0 Å². The number of carbonyl (C=O) groups is 1. The molecule has 20 heavy (non-hydrogen) atoms. The fraction of sp³-hybridized carbons (Fsp3) is 0.917. The molecular formula is C12H24N2O5S. The molecule has 1 aliphatic rings. The van der Waals surface area contributed by atoms with Crippen LogP contribution >= 0.6 is 0 Å². The summed E-state index contributed by atoms with van der Waals surface area (Å²) < 4.78 is 33.0. The average molecular weight is 308 g/mol. The Hall–Kier alpha value is -0.700. The Kier molecular flexibility index (Phi) is 5.93. The van der Waals surface area contributed by atoms with Gasteiger partial charge in [0.1, 0.15) is 0 Å². The Labute approximate surface area is 120 Å². The zero-order chi connectivity index (χ0) is 15.4. The van der Waals surface area contributed by atoms with Gasteiger partial charge in [-0.1, -0.05) is 0 Å². The Morgan fingerprint density at radius 1 is 1.40 bits per heavy atom. The van der Waals surface area contributed by atoms with Crippen LogP contribution < -0.4 is 4.72 Å². The van der Waals surface area contributed by atoms with Gasteiger partial charge in [-0.25, -0.2) is 0 Å². The van der Waals surface area contributed by atoms with Crippen LogP contribution in [0, 0.1) is 5.92 Å².